The maximum absolute atomic E-state index is 5.70. The number of ether oxygens (including phenoxy) is 2. The van der Waals surface area contributed by atoms with Crippen molar-refractivity contribution in [2.24, 2.45) is 5.73 Å². The highest BCUT2D eigenvalue weighted by atomic mass is 16.5. The van der Waals surface area contributed by atoms with Crippen molar-refractivity contribution in [3.05, 3.63) is 29.3 Å². The molecule has 1 saturated heterocycles. The maximum atomic E-state index is 5.70. The molecular formula is C16H26N2O2. The molecule has 0 bridgehead atoms. The number of piperidine rings is 1. The summed E-state index contributed by atoms with van der Waals surface area (Å²) >= 11 is 0. The lowest BCUT2D eigenvalue weighted by atomic mass is 10.1. The molecule has 0 spiro atoms. The Kier molecular flexibility index (Phi) is 5.83. The molecule has 1 aliphatic rings. The number of likely N-dealkylation sites (tertiary alicyclic amines) is 1. The van der Waals surface area contributed by atoms with Crippen molar-refractivity contribution in [2.45, 2.75) is 39.0 Å². The number of hydrogen-bond donors (Lipinski definition) is 1. The summed E-state index contributed by atoms with van der Waals surface area (Å²) in [6.45, 7) is 6.58. The zero-order chi connectivity index (χ0) is 14.4. The molecule has 4 heteroatoms. The molecule has 1 heterocycles. The minimum Gasteiger partial charge on any atom is -0.496 e. The van der Waals surface area contributed by atoms with E-state index in [2.05, 4.69) is 30.0 Å². The first-order valence-corrected chi connectivity index (χ1v) is 7.46. The third-order valence-electron chi connectivity index (χ3n) is 3.91. The average Bonchev–Trinajstić information content (AvgIpc) is 2.49. The molecule has 0 amide bonds. The van der Waals surface area contributed by atoms with E-state index in [1.54, 1.807) is 7.11 Å². The molecule has 0 aliphatic carbocycles. The number of hydrogen-bond acceptors (Lipinski definition) is 4. The summed E-state index contributed by atoms with van der Waals surface area (Å²) in [5.41, 5.74) is 8.05. The Morgan fingerprint density at radius 3 is 2.65 bits per heavy atom. The summed E-state index contributed by atoms with van der Waals surface area (Å²) in [5.74, 6) is 0.897. The molecule has 0 unspecified atom stereocenters. The van der Waals surface area contributed by atoms with E-state index in [1.807, 2.05) is 0 Å². The van der Waals surface area contributed by atoms with Gasteiger partial charge in [0.05, 0.1) is 13.2 Å². The number of nitrogens with zero attached hydrogens (tertiary/aromatic N) is 1. The van der Waals surface area contributed by atoms with Crippen molar-refractivity contribution in [1.29, 1.82) is 0 Å². The molecule has 2 N–H and O–H groups in total. The Bertz CT molecular complexity index is 415. The van der Waals surface area contributed by atoms with Crippen molar-refractivity contribution in [1.82, 2.24) is 4.90 Å². The van der Waals surface area contributed by atoms with Gasteiger partial charge in [-0.2, -0.15) is 0 Å². The summed E-state index contributed by atoms with van der Waals surface area (Å²) in [7, 11) is 1.70. The molecule has 20 heavy (non-hydrogen) atoms. The van der Waals surface area contributed by atoms with Crippen LogP contribution in [0.2, 0.25) is 0 Å². The number of rotatable bonds is 6. The smallest absolute Gasteiger partial charge is 0.123 e. The third-order valence-corrected chi connectivity index (χ3v) is 3.91. The van der Waals surface area contributed by atoms with Crippen LogP contribution >= 0.6 is 0 Å². The Hall–Kier alpha value is -1.10. The Balaban J connectivity index is 1.91. The van der Waals surface area contributed by atoms with Crippen LogP contribution in [-0.2, 0) is 17.8 Å². The number of methoxy groups -OCH3 is 1. The third kappa shape index (κ3) is 3.95. The van der Waals surface area contributed by atoms with E-state index in [0.717, 1.165) is 50.4 Å². The minimum absolute atomic E-state index is 0.449. The first-order valence-electron chi connectivity index (χ1n) is 7.46. The van der Waals surface area contributed by atoms with Gasteiger partial charge in [-0.25, -0.2) is 0 Å². The monoisotopic (exact) mass is 278 g/mol. The molecule has 1 aromatic carbocycles. The molecule has 112 valence electrons. The molecule has 2 rings (SSSR count). The predicted molar refractivity (Wildman–Crippen MR) is 80.8 cm³/mol. The minimum atomic E-state index is 0.449. The van der Waals surface area contributed by atoms with Gasteiger partial charge in [0.25, 0.3) is 0 Å². The van der Waals surface area contributed by atoms with Gasteiger partial charge in [0.2, 0.25) is 0 Å². The SMILES string of the molecule is CCOC1CCN(Cc2ccc(CN)c(OC)c2)CC1. The summed E-state index contributed by atoms with van der Waals surface area (Å²) in [4.78, 5) is 2.48. The Morgan fingerprint density at radius 2 is 2.05 bits per heavy atom. The lowest BCUT2D eigenvalue weighted by Crippen LogP contribution is -2.36. The van der Waals surface area contributed by atoms with Crippen LogP contribution in [0.3, 0.4) is 0 Å². The van der Waals surface area contributed by atoms with Crippen LogP contribution in [0.15, 0.2) is 18.2 Å². The summed E-state index contributed by atoms with van der Waals surface area (Å²) < 4.78 is 11.1. The summed E-state index contributed by atoms with van der Waals surface area (Å²) in [6, 6.07) is 6.33. The van der Waals surface area contributed by atoms with Crippen LogP contribution in [0.1, 0.15) is 30.9 Å². The van der Waals surface area contributed by atoms with Crippen LogP contribution in [0, 0.1) is 0 Å². The molecule has 0 radical (unpaired) electrons. The largest absolute Gasteiger partial charge is 0.496 e. The van der Waals surface area contributed by atoms with Gasteiger partial charge < -0.3 is 15.2 Å². The van der Waals surface area contributed by atoms with Crippen molar-refractivity contribution in [3.63, 3.8) is 0 Å². The van der Waals surface area contributed by atoms with E-state index in [4.69, 9.17) is 15.2 Å². The molecule has 4 nitrogen and oxygen atoms in total. The Morgan fingerprint density at radius 1 is 1.30 bits per heavy atom. The molecule has 1 aromatic rings. The summed E-state index contributed by atoms with van der Waals surface area (Å²) in [6.07, 6.45) is 2.71. The average molecular weight is 278 g/mol. The van der Waals surface area contributed by atoms with Crippen molar-refractivity contribution >= 4 is 0 Å². The fraction of sp³-hybridized carbons (Fsp3) is 0.625. The molecule has 0 atom stereocenters. The van der Waals surface area contributed by atoms with Gasteiger partial charge in [-0.1, -0.05) is 12.1 Å². The lowest BCUT2D eigenvalue weighted by molar-refractivity contribution is 0.0125. The topological polar surface area (TPSA) is 47.7 Å². The van der Waals surface area contributed by atoms with E-state index in [9.17, 15) is 0 Å². The highest BCUT2D eigenvalue weighted by Gasteiger charge is 2.19. The van der Waals surface area contributed by atoms with E-state index in [-0.39, 0.29) is 0 Å². The van der Waals surface area contributed by atoms with Gasteiger partial charge in [0.1, 0.15) is 5.75 Å². The van der Waals surface area contributed by atoms with E-state index in [1.165, 1.54) is 5.56 Å². The van der Waals surface area contributed by atoms with Crippen LogP contribution in [0.25, 0.3) is 0 Å². The normalized spacial score (nSPS) is 17.4. The van der Waals surface area contributed by atoms with Gasteiger partial charge in [-0.05, 0) is 31.4 Å². The van der Waals surface area contributed by atoms with Crippen LogP contribution in [0.4, 0.5) is 0 Å². The van der Waals surface area contributed by atoms with Gasteiger partial charge in [-0.3, -0.25) is 4.90 Å². The van der Waals surface area contributed by atoms with Crippen molar-refractivity contribution in [3.8, 4) is 5.75 Å². The fourth-order valence-corrected chi connectivity index (χ4v) is 2.78. The van der Waals surface area contributed by atoms with Gasteiger partial charge >= 0.3 is 0 Å². The predicted octanol–water partition coefficient (Wildman–Crippen LogP) is 2.15. The van der Waals surface area contributed by atoms with Gasteiger partial charge in [-0.15, -0.1) is 0 Å². The number of nitrogens with two attached hydrogens (primary N) is 1. The first kappa shape index (κ1) is 15.3. The molecule has 0 saturated carbocycles. The second-order valence-corrected chi connectivity index (χ2v) is 5.28. The van der Waals surface area contributed by atoms with Crippen LogP contribution in [0.5, 0.6) is 5.75 Å². The summed E-state index contributed by atoms with van der Waals surface area (Å²) in [5, 5.41) is 0. The van der Waals surface area contributed by atoms with Crippen LogP contribution < -0.4 is 10.5 Å². The fourth-order valence-electron chi connectivity index (χ4n) is 2.78. The van der Waals surface area contributed by atoms with Gasteiger partial charge in [0, 0.05) is 38.3 Å². The molecule has 1 aliphatic heterocycles. The highest BCUT2D eigenvalue weighted by Crippen LogP contribution is 2.22. The zero-order valence-corrected chi connectivity index (χ0v) is 12.6. The van der Waals surface area contributed by atoms with Crippen molar-refractivity contribution in [2.75, 3.05) is 26.8 Å². The highest BCUT2D eigenvalue weighted by molar-refractivity contribution is 5.37. The number of benzene rings is 1. The standard InChI is InChI=1S/C16H26N2O2/c1-3-20-15-6-8-18(9-7-15)12-13-4-5-14(11-17)16(10-13)19-2/h4-5,10,15H,3,6-9,11-12,17H2,1-2H3. The van der Waals surface area contributed by atoms with E-state index >= 15 is 0 Å². The molecular weight excluding hydrogens is 252 g/mol. The first-order chi connectivity index (χ1) is 9.76. The maximum Gasteiger partial charge on any atom is 0.123 e. The van der Waals surface area contributed by atoms with Gasteiger partial charge in [0.15, 0.2) is 0 Å². The van der Waals surface area contributed by atoms with Crippen LogP contribution in [-0.4, -0.2) is 37.8 Å². The van der Waals surface area contributed by atoms with E-state index < -0.39 is 0 Å². The second kappa shape index (κ2) is 7.62. The van der Waals surface area contributed by atoms with Crippen molar-refractivity contribution < 1.29 is 9.47 Å². The van der Waals surface area contributed by atoms with E-state index in [0.29, 0.717) is 12.6 Å². The lowest BCUT2D eigenvalue weighted by Gasteiger charge is -2.31. The second-order valence-electron chi connectivity index (χ2n) is 5.28. The quantitative estimate of drug-likeness (QED) is 0.866. The molecule has 1 fully saturated rings. The zero-order valence-electron chi connectivity index (χ0n) is 12.6. The molecule has 0 aromatic heterocycles. The Labute approximate surface area is 121 Å².